The van der Waals surface area contributed by atoms with Crippen molar-refractivity contribution < 1.29 is 0 Å². The Balaban J connectivity index is 0. The number of hydrogen-bond acceptors (Lipinski definition) is 0. The van der Waals surface area contributed by atoms with Gasteiger partial charge in [0.05, 0.1) is 0 Å². The second-order valence-corrected chi connectivity index (χ2v) is 2.27. The summed E-state index contributed by atoms with van der Waals surface area (Å²) in [4.78, 5) is 0. The molecule has 0 aliphatic rings. The van der Waals surface area contributed by atoms with Crippen LogP contribution in [0.2, 0.25) is 0 Å². The van der Waals surface area contributed by atoms with Crippen molar-refractivity contribution in [1.29, 1.82) is 0 Å². The van der Waals surface area contributed by atoms with Gasteiger partial charge in [-0.25, -0.2) is 0 Å². The fourth-order valence-electron chi connectivity index (χ4n) is 0.780. The van der Waals surface area contributed by atoms with Crippen LogP contribution in [-0.4, -0.2) is 23.1 Å². The molecule has 0 saturated carbocycles. The van der Waals surface area contributed by atoms with Gasteiger partial charge in [0.15, 0.2) is 0 Å². The van der Waals surface area contributed by atoms with E-state index < -0.39 is 0 Å². The highest BCUT2D eigenvalue weighted by atomic mass is 24.3. The molecule has 0 nitrogen and oxygen atoms in total. The van der Waals surface area contributed by atoms with Crippen LogP contribution in [0.4, 0.5) is 0 Å². The average molecular weight is 140 g/mol. The summed E-state index contributed by atoms with van der Waals surface area (Å²) >= 11 is 0. The van der Waals surface area contributed by atoms with Crippen molar-refractivity contribution in [2.75, 3.05) is 0 Å². The molecule has 0 amide bonds. The summed E-state index contributed by atoms with van der Waals surface area (Å²) in [6, 6.07) is 0. The standard InChI is InChI=1S/C8H17.Mg.2H/c1-3-5-7-8-6-4-2;;;/h1,3-8H2,2H3;;;. The highest BCUT2D eigenvalue weighted by molar-refractivity contribution is 5.75. The molecule has 0 unspecified atom stereocenters. The minimum Gasteiger partial charge on any atom is -0.0654 e. The van der Waals surface area contributed by atoms with Gasteiger partial charge in [0.2, 0.25) is 0 Å². The van der Waals surface area contributed by atoms with Crippen LogP contribution in [0.5, 0.6) is 0 Å². The van der Waals surface area contributed by atoms with E-state index in [4.69, 9.17) is 0 Å². The zero-order chi connectivity index (χ0) is 6.24. The zero-order valence-electron chi connectivity index (χ0n) is 5.95. The largest absolute Gasteiger partial charge is 0.316 e. The van der Waals surface area contributed by atoms with Gasteiger partial charge in [0, 0.05) is 0 Å². The fraction of sp³-hybridized carbons (Fsp3) is 0.875. The lowest BCUT2D eigenvalue weighted by atomic mass is 10.1. The minimum atomic E-state index is 0. The van der Waals surface area contributed by atoms with Crippen LogP contribution >= 0.6 is 0 Å². The predicted molar refractivity (Wildman–Crippen MR) is 47.3 cm³/mol. The third kappa shape index (κ3) is 12.1. The molecule has 0 bridgehead atoms. The first-order chi connectivity index (χ1) is 3.91. The molecular weight excluding hydrogens is 120 g/mol. The Labute approximate surface area is 75.6 Å². The second kappa shape index (κ2) is 11.5. The van der Waals surface area contributed by atoms with E-state index in [1.807, 2.05) is 0 Å². The summed E-state index contributed by atoms with van der Waals surface area (Å²) in [5.41, 5.74) is 0. The predicted octanol–water partition coefficient (Wildman–Crippen LogP) is 2.26. The fourth-order valence-corrected chi connectivity index (χ4v) is 0.780. The normalized spacial score (nSPS) is 8.67. The Morgan fingerprint density at radius 3 is 2.00 bits per heavy atom. The van der Waals surface area contributed by atoms with Crippen molar-refractivity contribution in [2.24, 2.45) is 0 Å². The first-order valence-corrected chi connectivity index (χ1v) is 3.71. The average Bonchev–Trinajstić information content (AvgIpc) is 1.81. The Kier molecular flexibility index (Phi) is 16.0. The summed E-state index contributed by atoms with van der Waals surface area (Å²) in [6.07, 6.45) is 7.98. The molecule has 0 heterocycles. The summed E-state index contributed by atoms with van der Waals surface area (Å²) in [5.74, 6) is 0. The molecule has 53 valence electrons. The Morgan fingerprint density at radius 2 is 1.56 bits per heavy atom. The molecule has 0 rings (SSSR count). The monoisotopic (exact) mass is 139 g/mol. The third-order valence-corrected chi connectivity index (χ3v) is 1.35. The molecule has 1 heteroatoms. The van der Waals surface area contributed by atoms with Crippen molar-refractivity contribution >= 4 is 23.1 Å². The van der Waals surface area contributed by atoms with E-state index in [9.17, 15) is 0 Å². The van der Waals surface area contributed by atoms with Crippen LogP contribution in [0.3, 0.4) is 0 Å². The molecule has 9 heavy (non-hydrogen) atoms. The SMILES string of the molecule is [CH2]CCCCCCC.[MgH2]. The van der Waals surface area contributed by atoms with E-state index in [0.29, 0.717) is 0 Å². The molecular formula is C8H19Mg. The molecule has 0 saturated heterocycles. The summed E-state index contributed by atoms with van der Waals surface area (Å²) < 4.78 is 0. The van der Waals surface area contributed by atoms with E-state index in [2.05, 4.69) is 13.8 Å². The van der Waals surface area contributed by atoms with Crippen LogP contribution in [0.15, 0.2) is 0 Å². The van der Waals surface area contributed by atoms with Crippen LogP contribution in [-0.2, 0) is 0 Å². The second-order valence-electron chi connectivity index (χ2n) is 2.27. The molecule has 0 aromatic rings. The highest BCUT2D eigenvalue weighted by Gasteiger charge is 1.83. The maximum absolute atomic E-state index is 3.78. The Bertz CT molecular complexity index is 29.5. The van der Waals surface area contributed by atoms with Gasteiger partial charge in [-0.3, -0.25) is 0 Å². The summed E-state index contributed by atoms with van der Waals surface area (Å²) in [5, 5.41) is 0. The van der Waals surface area contributed by atoms with Crippen molar-refractivity contribution in [3.05, 3.63) is 6.92 Å². The van der Waals surface area contributed by atoms with Crippen molar-refractivity contribution in [2.45, 2.75) is 45.4 Å². The van der Waals surface area contributed by atoms with Crippen LogP contribution in [0.1, 0.15) is 45.4 Å². The maximum atomic E-state index is 3.78. The lowest BCUT2D eigenvalue weighted by Crippen LogP contribution is -1.74. The molecule has 0 aromatic heterocycles. The minimum absolute atomic E-state index is 0. The Hall–Kier alpha value is 0.766. The van der Waals surface area contributed by atoms with E-state index in [-0.39, 0.29) is 23.1 Å². The van der Waals surface area contributed by atoms with Gasteiger partial charge in [-0.2, -0.15) is 0 Å². The molecule has 0 aliphatic carbocycles. The van der Waals surface area contributed by atoms with Crippen molar-refractivity contribution in [3.63, 3.8) is 0 Å². The molecule has 0 fully saturated rings. The van der Waals surface area contributed by atoms with Gasteiger partial charge in [0.1, 0.15) is 0 Å². The quantitative estimate of drug-likeness (QED) is 0.405. The molecule has 0 N–H and O–H groups in total. The van der Waals surface area contributed by atoms with Crippen LogP contribution in [0.25, 0.3) is 0 Å². The van der Waals surface area contributed by atoms with Gasteiger partial charge in [-0.15, -0.1) is 0 Å². The van der Waals surface area contributed by atoms with E-state index >= 15 is 0 Å². The van der Waals surface area contributed by atoms with E-state index in [0.717, 1.165) is 6.42 Å². The molecule has 0 spiro atoms. The first kappa shape index (κ1) is 12.4. The van der Waals surface area contributed by atoms with Crippen molar-refractivity contribution in [1.82, 2.24) is 0 Å². The van der Waals surface area contributed by atoms with Gasteiger partial charge >= 0.3 is 23.1 Å². The topological polar surface area (TPSA) is 0 Å². The first-order valence-electron chi connectivity index (χ1n) is 3.71. The molecule has 0 atom stereocenters. The van der Waals surface area contributed by atoms with Gasteiger partial charge in [0.25, 0.3) is 0 Å². The number of hydrogen-bond donors (Lipinski definition) is 0. The number of rotatable bonds is 5. The van der Waals surface area contributed by atoms with Crippen LogP contribution in [0, 0.1) is 6.92 Å². The summed E-state index contributed by atoms with van der Waals surface area (Å²) in [6.45, 7) is 6.02. The molecule has 0 aromatic carbocycles. The third-order valence-electron chi connectivity index (χ3n) is 1.35. The summed E-state index contributed by atoms with van der Waals surface area (Å²) in [7, 11) is 0. The maximum Gasteiger partial charge on any atom is 0.316 e. The molecule has 0 aliphatic heterocycles. The van der Waals surface area contributed by atoms with Gasteiger partial charge in [-0.1, -0.05) is 52.4 Å². The van der Waals surface area contributed by atoms with Gasteiger partial charge in [-0.05, 0) is 0 Å². The van der Waals surface area contributed by atoms with Crippen molar-refractivity contribution in [3.8, 4) is 0 Å². The zero-order valence-corrected chi connectivity index (χ0v) is 5.95. The lowest BCUT2D eigenvalue weighted by molar-refractivity contribution is 0.637. The number of unbranched alkanes of at least 4 members (excludes halogenated alkanes) is 5. The smallest absolute Gasteiger partial charge is 0.0654 e. The van der Waals surface area contributed by atoms with Gasteiger partial charge < -0.3 is 0 Å². The Morgan fingerprint density at radius 1 is 1.00 bits per heavy atom. The highest BCUT2D eigenvalue weighted by Crippen LogP contribution is 2.03. The lowest BCUT2D eigenvalue weighted by Gasteiger charge is -1.93. The van der Waals surface area contributed by atoms with Crippen LogP contribution < -0.4 is 0 Å². The van der Waals surface area contributed by atoms with E-state index in [1.165, 1.54) is 32.1 Å². The molecule has 1 radical (unpaired) electrons. The van der Waals surface area contributed by atoms with E-state index in [1.54, 1.807) is 0 Å².